The lowest BCUT2D eigenvalue weighted by atomic mass is 9.85. The summed E-state index contributed by atoms with van der Waals surface area (Å²) in [5, 5.41) is 50.1. The first-order chi connectivity index (χ1) is 28.4. The molecule has 0 aromatic heterocycles. The van der Waals surface area contributed by atoms with Crippen molar-refractivity contribution in [1.82, 2.24) is 0 Å². The number of carbonyl (C=O) groups is 2. The first-order valence-electron chi connectivity index (χ1n) is 22.1. The fourth-order valence-corrected chi connectivity index (χ4v) is 7.18. The highest BCUT2D eigenvalue weighted by atomic mass is 31.2. The van der Waals surface area contributed by atoms with Gasteiger partial charge >= 0.3 is 19.8 Å². The summed E-state index contributed by atoms with van der Waals surface area (Å²) in [6.45, 7) is 3.18. The Morgan fingerprint density at radius 1 is 0.525 bits per heavy atom. The van der Waals surface area contributed by atoms with Gasteiger partial charge in [0.15, 0.2) is 6.10 Å². The Balaban J connectivity index is 2.55. The SMILES string of the molecule is CCCCC/C=C/C/C=C/C/C=C/CCCCC(=O)O[C@H](COC(=O)CCCC/C=C/C/C=C/CCCCCCCC)COP(=O)(O)OC1C(O)C(O)C(O)[C@@H](O)C1O. The van der Waals surface area contributed by atoms with Crippen LogP contribution in [0.4, 0.5) is 0 Å². The number of hydrogen-bond donors (Lipinski definition) is 6. The van der Waals surface area contributed by atoms with E-state index in [0.717, 1.165) is 57.8 Å². The molecule has 0 saturated heterocycles. The number of rotatable bonds is 35. The third kappa shape index (κ3) is 27.9. The molecule has 8 atom stereocenters. The number of unbranched alkanes of at least 4 members (excludes halogenated alkanes) is 13. The summed E-state index contributed by atoms with van der Waals surface area (Å²) in [7, 11) is -5.14. The standard InChI is InChI=1S/C45H77O13P/c1-3-5-7-9-11-13-15-17-19-21-23-25-27-29-31-33-38(46)55-35-37(36-56-59(53,54)58-45-43(51)41(49)40(48)42(50)44(45)52)57-39(47)34-32-30-28-26-24-22-20-18-16-14-12-10-8-6-4-2/h12,14,17-20,23-26,37,40-45,48-52H,3-11,13,15-16,21-22,27-36H2,1-2H3,(H,53,54)/b14-12+,19-17+,20-18+,25-23+,26-24+/t37-,40?,41-,42?,43?,44?,45?/m1/s1. The molecule has 59 heavy (non-hydrogen) atoms. The summed E-state index contributed by atoms with van der Waals surface area (Å²) in [6, 6.07) is 0. The van der Waals surface area contributed by atoms with Crippen molar-refractivity contribution in [3.63, 3.8) is 0 Å². The first-order valence-corrected chi connectivity index (χ1v) is 23.6. The highest BCUT2D eigenvalue weighted by Gasteiger charge is 2.51. The maximum Gasteiger partial charge on any atom is 0.472 e. The van der Waals surface area contributed by atoms with E-state index in [2.05, 4.69) is 74.6 Å². The molecule has 1 fully saturated rings. The van der Waals surface area contributed by atoms with Crippen molar-refractivity contribution in [2.75, 3.05) is 13.2 Å². The summed E-state index contributed by atoms with van der Waals surface area (Å²) in [6.07, 6.45) is 28.6. The third-order valence-corrected chi connectivity index (χ3v) is 10.8. The minimum Gasteiger partial charge on any atom is -0.462 e. The van der Waals surface area contributed by atoms with Crippen LogP contribution >= 0.6 is 7.82 Å². The smallest absolute Gasteiger partial charge is 0.462 e. The second kappa shape index (κ2) is 35.2. The predicted molar refractivity (Wildman–Crippen MR) is 230 cm³/mol. The molecule has 1 rings (SSSR count). The van der Waals surface area contributed by atoms with Crippen molar-refractivity contribution in [2.45, 2.75) is 198 Å². The summed E-state index contributed by atoms with van der Waals surface area (Å²) < 4.78 is 33.4. The monoisotopic (exact) mass is 857 g/mol. The second-order valence-corrected chi connectivity index (χ2v) is 16.6. The fourth-order valence-electron chi connectivity index (χ4n) is 6.20. The number of ether oxygens (including phenoxy) is 2. The number of phosphoric acid groups is 1. The fraction of sp³-hybridized carbons (Fsp3) is 0.733. The van der Waals surface area contributed by atoms with Gasteiger partial charge in [-0.25, -0.2) is 4.57 Å². The van der Waals surface area contributed by atoms with Gasteiger partial charge in [-0.1, -0.05) is 120 Å². The number of allylic oxidation sites excluding steroid dienone is 10. The van der Waals surface area contributed by atoms with E-state index in [1.807, 2.05) is 0 Å². The van der Waals surface area contributed by atoms with Crippen molar-refractivity contribution in [2.24, 2.45) is 0 Å². The summed E-state index contributed by atoms with van der Waals surface area (Å²) >= 11 is 0. The number of phosphoric ester groups is 1. The minimum atomic E-state index is -5.14. The van der Waals surface area contributed by atoms with Crippen LogP contribution in [-0.2, 0) is 32.7 Å². The van der Waals surface area contributed by atoms with E-state index in [0.29, 0.717) is 12.8 Å². The normalized spacial score (nSPS) is 22.9. The molecule has 0 aromatic rings. The van der Waals surface area contributed by atoms with Crippen molar-refractivity contribution in [3.05, 3.63) is 60.8 Å². The van der Waals surface area contributed by atoms with Gasteiger partial charge in [0, 0.05) is 12.8 Å². The lowest BCUT2D eigenvalue weighted by Crippen LogP contribution is -2.64. The van der Waals surface area contributed by atoms with E-state index in [1.54, 1.807) is 0 Å². The Morgan fingerprint density at radius 2 is 0.915 bits per heavy atom. The molecule has 1 aliphatic rings. The molecule has 0 heterocycles. The van der Waals surface area contributed by atoms with Gasteiger partial charge in [0.1, 0.15) is 43.2 Å². The molecule has 1 saturated carbocycles. The summed E-state index contributed by atoms with van der Waals surface area (Å²) in [5.74, 6) is -1.19. The van der Waals surface area contributed by atoms with Crippen molar-refractivity contribution in [3.8, 4) is 0 Å². The molecule has 6 unspecified atom stereocenters. The molecule has 0 aliphatic heterocycles. The largest absolute Gasteiger partial charge is 0.472 e. The molecule has 0 radical (unpaired) electrons. The highest BCUT2D eigenvalue weighted by Crippen LogP contribution is 2.47. The topological polar surface area (TPSA) is 210 Å². The zero-order valence-corrected chi connectivity index (χ0v) is 36.7. The molecule has 14 heteroatoms. The van der Waals surface area contributed by atoms with E-state index in [-0.39, 0.29) is 12.8 Å². The van der Waals surface area contributed by atoms with Gasteiger partial charge in [0.25, 0.3) is 0 Å². The zero-order valence-electron chi connectivity index (χ0n) is 35.8. The van der Waals surface area contributed by atoms with Crippen LogP contribution in [0.15, 0.2) is 60.8 Å². The quantitative estimate of drug-likeness (QED) is 0.0154. The Bertz CT molecular complexity index is 1270. The second-order valence-electron chi connectivity index (χ2n) is 15.2. The lowest BCUT2D eigenvalue weighted by Gasteiger charge is -2.41. The lowest BCUT2D eigenvalue weighted by molar-refractivity contribution is -0.220. The summed E-state index contributed by atoms with van der Waals surface area (Å²) in [5.41, 5.74) is 0. The Kier molecular flexibility index (Phi) is 32.5. The van der Waals surface area contributed by atoms with Gasteiger partial charge in [-0.3, -0.25) is 18.6 Å². The Labute approximate surface area is 353 Å². The molecule has 6 N–H and O–H groups in total. The van der Waals surface area contributed by atoms with Gasteiger partial charge in [0.2, 0.25) is 0 Å². The van der Waals surface area contributed by atoms with E-state index < -0.39 is 75.7 Å². The van der Waals surface area contributed by atoms with Crippen LogP contribution in [0, 0.1) is 0 Å². The van der Waals surface area contributed by atoms with Gasteiger partial charge in [-0.05, 0) is 83.5 Å². The maximum absolute atomic E-state index is 12.8. The number of esters is 2. The van der Waals surface area contributed by atoms with E-state index >= 15 is 0 Å². The molecule has 13 nitrogen and oxygen atoms in total. The van der Waals surface area contributed by atoms with Gasteiger partial charge in [0.05, 0.1) is 6.61 Å². The van der Waals surface area contributed by atoms with Crippen LogP contribution < -0.4 is 0 Å². The van der Waals surface area contributed by atoms with Crippen LogP contribution in [0.2, 0.25) is 0 Å². The number of aliphatic hydroxyl groups is 5. The van der Waals surface area contributed by atoms with Gasteiger partial charge in [-0.2, -0.15) is 0 Å². The van der Waals surface area contributed by atoms with Gasteiger partial charge < -0.3 is 39.9 Å². The van der Waals surface area contributed by atoms with E-state index in [4.69, 9.17) is 18.5 Å². The molecule has 340 valence electrons. The van der Waals surface area contributed by atoms with Crippen LogP contribution in [0.3, 0.4) is 0 Å². The molecule has 0 amide bonds. The molecule has 0 aromatic carbocycles. The van der Waals surface area contributed by atoms with Crippen molar-refractivity contribution in [1.29, 1.82) is 0 Å². The maximum atomic E-state index is 12.8. The van der Waals surface area contributed by atoms with Crippen LogP contribution in [0.1, 0.15) is 155 Å². The predicted octanol–water partition coefficient (Wildman–Crippen LogP) is 8.16. The van der Waals surface area contributed by atoms with E-state index in [1.165, 1.54) is 57.8 Å². The number of hydrogen-bond acceptors (Lipinski definition) is 12. The van der Waals surface area contributed by atoms with Crippen molar-refractivity contribution >= 4 is 19.8 Å². The third-order valence-electron chi connectivity index (χ3n) is 9.83. The molecule has 1 aliphatic carbocycles. The van der Waals surface area contributed by atoms with Gasteiger partial charge in [-0.15, -0.1) is 0 Å². The average Bonchev–Trinajstić information content (AvgIpc) is 3.21. The molecule has 0 spiro atoms. The van der Waals surface area contributed by atoms with E-state index in [9.17, 15) is 44.6 Å². The minimum absolute atomic E-state index is 0.0388. The zero-order chi connectivity index (χ0) is 43.6. The summed E-state index contributed by atoms with van der Waals surface area (Å²) in [4.78, 5) is 35.6. The number of carbonyl (C=O) groups excluding carboxylic acids is 2. The number of aliphatic hydroxyl groups excluding tert-OH is 5. The highest BCUT2D eigenvalue weighted by molar-refractivity contribution is 7.47. The van der Waals surface area contributed by atoms with Crippen LogP contribution in [0.25, 0.3) is 0 Å². The first kappa shape index (κ1) is 54.6. The average molecular weight is 857 g/mol. The Hall–Kier alpha value is -2.45. The van der Waals surface area contributed by atoms with Crippen molar-refractivity contribution < 1.29 is 63.1 Å². The Morgan fingerprint density at radius 3 is 1.42 bits per heavy atom. The van der Waals surface area contributed by atoms with Crippen LogP contribution in [-0.4, -0.2) is 98.3 Å². The molecular formula is C45H77O13P. The van der Waals surface area contributed by atoms with Crippen LogP contribution in [0.5, 0.6) is 0 Å². The molecule has 0 bridgehead atoms. The molecular weight excluding hydrogens is 779 g/mol.